The molecule has 2 aromatic rings. The van der Waals surface area contributed by atoms with Crippen LogP contribution in [0, 0.1) is 11.8 Å². The molecule has 2 fully saturated rings. The van der Waals surface area contributed by atoms with Crippen molar-refractivity contribution in [1.29, 1.82) is 0 Å². The smallest absolute Gasteiger partial charge is 0.272 e. The number of carbonyl (C=O) groups excluding carboxylic acids is 1. The lowest BCUT2D eigenvalue weighted by Gasteiger charge is -2.22. The minimum Gasteiger partial charge on any atom is -0.497 e. The second-order valence-corrected chi connectivity index (χ2v) is 7.57. The Labute approximate surface area is 148 Å². The van der Waals surface area contributed by atoms with Crippen molar-refractivity contribution in [2.45, 2.75) is 26.3 Å². The number of carbonyl (C=O) groups is 1. The normalized spacial score (nSPS) is 27.3. The molecule has 3 heterocycles. The lowest BCUT2D eigenvalue weighted by atomic mass is 10.1. The van der Waals surface area contributed by atoms with Gasteiger partial charge in [-0.2, -0.15) is 0 Å². The predicted molar refractivity (Wildman–Crippen MR) is 96.0 cm³/mol. The summed E-state index contributed by atoms with van der Waals surface area (Å²) >= 11 is 0. The van der Waals surface area contributed by atoms with Gasteiger partial charge >= 0.3 is 0 Å². The van der Waals surface area contributed by atoms with Crippen LogP contribution in [0.5, 0.6) is 5.75 Å². The van der Waals surface area contributed by atoms with Crippen molar-refractivity contribution in [3.8, 4) is 5.75 Å². The molecule has 25 heavy (non-hydrogen) atoms. The van der Waals surface area contributed by atoms with E-state index in [-0.39, 0.29) is 5.91 Å². The van der Waals surface area contributed by atoms with E-state index < -0.39 is 0 Å². The lowest BCUT2D eigenvalue weighted by molar-refractivity contribution is 0.0741. The number of hydrogen-bond acceptors (Lipinski definition) is 4. The zero-order chi connectivity index (χ0) is 17.6. The summed E-state index contributed by atoms with van der Waals surface area (Å²) in [4.78, 5) is 22.0. The highest BCUT2D eigenvalue weighted by Gasteiger charge is 2.39. The number of aromatic nitrogens is 2. The number of fused-ring (bicyclic) bond motifs is 1. The Balaban J connectivity index is 1.54. The fourth-order valence-corrected chi connectivity index (χ4v) is 3.97. The molecule has 1 aliphatic carbocycles. The minimum atomic E-state index is 0.0650. The van der Waals surface area contributed by atoms with Gasteiger partial charge in [0.15, 0.2) is 0 Å². The number of rotatable bonds is 3. The Kier molecular flexibility index (Phi) is 4.15. The molecule has 6 heteroatoms. The number of pyridine rings is 1. The van der Waals surface area contributed by atoms with E-state index in [1.54, 1.807) is 13.3 Å². The fourth-order valence-electron chi connectivity index (χ4n) is 3.97. The highest BCUT2D eigenvalue weighted by atomic mass is 16.5. The molecule has 0 aromatic carbocycles. The van der Waals surface area contributed by atoms with Crippen molar-refractivity contribution in [2.75, 3.05) is 33.3 Å². The summed E-state index contributed by atoms with van der Waals surface area (Å²) < 4.78 is 7.08. The maximum absolute atomic E-state index is 13.1. The first-order valence-electron chi connectivity index (χ1n) is 9.11. The molecule has 134 valence electrons. The summed E-state index contributed by atoms with van der Waals surface area (Å²) in [6, 6.07) is 4.42. The van der Waals surface area contributed by atoms with Gasteiger partial charge < -0.3 is 9.64 Å². The van der Waals surface area contributed by atoms with Crippen molar-refractivity contribution >= 4 is 11.6 Å². The first-order chi connectivity index (χ1) is 12.1. The molecule has 0 spiro atoms. The van der Waals surface area contributed by atoms with Gasteiger partial charge in [-0.15, -0.1) is 0 Å². The Morgan fingerprint density at radius 2 is 2.08 bits per heavy atom. The third-order valence-electron chi connectivity index (χ3n) is 5.50. The van der Waals surface area contributed by atoms with Gasteiger partial charge in [-0.3, -0.25) is 14.1 Å². The van der Waals surface area contributed by atoms with E-state index in [9.17, 15) is 4.79 Å². The Morgan fingerprint density at radius 1 is 1.28 bits per heavy atom. The van der Waals surface area contributed by atoms with Gasteiger partial charge in [-0.25, -0.2) is 4.98 Å². The standard InChI is InChI=1S/C19H26N4O2/c1-13-11-21(16-8-14(16)2)6-7-22(12-13)19(24)17-10-20-18-9-15(25-3)4-5-23(17)18/h4-5,9-10,13-14,16H,6-8,11-12H2,1-3H3/t13-,14-,16+/m0/s1. The van der Waals surface area contributed by atoms with Gasteiger partial charge in [-0.05, 0) is 24.3 Å². The molecule has 6 nitrogen and oxygen atoms in total. The average Bonchev–Trinajstić information content (AvgIpc) is 3.24. The average molecular weight is 342 g/mol. The molecule has 0 unspecified atom stereocenters. The van der Waals surface area contributed by atoms with E-state index in [2.05, 4.69) is 23.7 Å². The SMILES string of the molecule is COc1ccn2c(C(=O)N3CCN([C@@H]4C[C@@H]4C)C[C@H](C)C3)cnc2c1. The van der Waals surface area contributed by atoms with E-state index in [0.29, 0.717) is 11.6 Å². The van der Waals surface area contributed by atoms with Crippen molar-refractivity contribution < 1.29 is 9.53 Å². The first kappa shape index (κ1) is 16.4. The highest BCUT2D eigenvalue weighted by Crippen LogP contribution is 2.36. The zero-order valence-corrected chi connectivity index (χ0v) is 15.2. The second kappa shape index (κ2) is 6.33. The third kappa shape index (κ3) is 3.11. The molecule has 4 rings (SSSR count). The fraction of sp³-hybridized carbons (Fsp3) is 0.579. The maximum Gasteiger partial charge on any atom is 0.272 e. The molecule has 0 radical (unpaired) electrons. The Bertz CT molecular complexity index is 787. The van der Waals surface area contributed by atoms with Crippen molar-refractivity contribution in [1.82, 2.24) is 19.2 Å². The number of ether oxygens (including phenoxy) is 1. The van der Waals surface area contributed by atoms with Crippen LogP contribution in [-0.4, -0.2) is 64.4 Å². The zero-order valence-electron chi connectivity index (χ0n) is 15.2. The summed E-state index contributed by atoms with van der Waals surface area (Å²) in [6.07, 6.45) is 4.83. The van der Waals surface area contributed by atoms with Crippen LogP contribution in [0.2, 0.25) is 0 Å². The van der Waals surface area contributed by atoms with Crippen LogP contribution in [-0.2, 0) is 0 Å². The van der Waals surface area contributed by atoms with Crippen LogP contribution >= 0.6 is 0 Å². The summed E-state index contributed by atoms with van der Waals surface area (Å²) in [7, 11) is 1.63. The Morgan fingerprint density at radius 3 is 2.80 bits per heavy atom. The molecule has 0 bridgehead atoms. The van der Waals surface area contributed by atoms with Gasteiger partial charge in [0.2, 0.25) is 0 Å². The quantitative estimate of drug-likeness (QED) is 0.858. The molecule has 1 saturated heterocycles. The molecule has 2 aromatic heterocycles. The van der Waals surface area contributed by atoms with Crippen LogP contribution in [0.3, 0.4) is 0 Å². The van der Waals surface area contributed by atoms with Crippen molar-refractivity contribution in [3.63, 3.8) is 0 Å². The number of imidazole rings is 1. The van der Waals surface area contributed by atoms with Gasteiger partial charge in [0.05, 0.1) is 13.3 Å². The molecule has 1 amide bonds. The largest absolute Gasteiger partial charge is 0.497 e. The summed E-state index contributed by atoms with van der Waals surface area (Å²) in [5.41, 5.74) is 1.36. The topological polar surface area (TPSA) is 50.1 Å². The summed E-state index contributed by atoms with van der Waals surface area (Å²) in [5.74, 6) is 2.10. The van der Waals surface area contributed by atoms with E-state index in [0.717, 1.165) is 49.5 Å². The van der Waals surface area contributed by atoms with E-state index >= 15 is 0 Å². The molecular weight excluding hydrogens is 316 g/mol. The number of amides is 1. The van der Waals surface area contributed by atoms with Gasteiger partial charge in [-0.1, -0.05) is 13.8 Å². The van der Waals surface area contributed by atoms with Crippen molar-refractivity contribution in [2.24, 2.45) is 11.8 Å². The van der Waals surface area contributed by atoms with E-state index in [4.69, 9.17) is 4.74 Å². The molecule has 3 atom stereocenters. The van der Waals surface area contributed by atoms with Gasteiger partial charge in [0.1, 0.15) is 17.1 Å². The van der Waals surface area contributed by atoms with E-state index in [1.165, 1.54) is 6.42 Å². The summed E-state index contributed by atoms with van der Waals surface area (Å²) in [6.45, 7) is 8.20. The third-order valence-corrected chi connectivity index (χ3v) is 5.50. The van der Waals surface area contributed by atoms with Gasteiger partial charge in [0.25, 0.3) is 5.91 Å². The molecule has 1 aliphatic heterocycles. The molecular formula is C19H26N4O2. The van der Waals surface area contributed by atoms with Crippen LogP contribution in [0.15, 0.2) is 24.5 Å². The van der Waals surface area contributed by atoms with Crippen molar-refractivity contribution in [3.05, 3.63) is 30.2 Å². The highest BCUT2D eigenvalue weighted by molar-refractivity contribution is 5.93. The predicted octanol–water partition coefficient (Wildman–Crippen LogP) is 2.15. The maximum atomic E-state index is 13.1. The van der Waals surface area contributed by atoms with Gasteiger partial charge in [0, 0.05) is 44.5 Å². The molecule has 2 aliphatic rings. The number of nitrogens with zero attached hydrogens (tertiary/aromatic N) is 4. The second-order valence-electron chi connectivity index (χ2n) is 7.57. The Hall–Kier alpha value is -2.08. The van der Waals surface area contributed by atoms with Crippen LogP contribution in [0.1, 0.15) is 30.8 Å². The molecule has 1 saturated carbocycles. The number of methoxy groups -OCH3 is 1. The van der Waals surface area contributed by atoms with Crippen LogP contribution < -0.4 is 4.74 Å². The van der Waals surface area contributed by atoms with E-state index in [1.807, 2.05) is 27.6 Å². The monoisotopic (exact) mass is 342 g/mol. The van der Waals surface area contributed by atoms with Crippen LogP contribution in [0.4, 0.5) is 0 Å². The number of hydrogen-bond donors (Lipinski definition) is 0. The molecule has 0 N–H and O–H groups in total. The summed E-state index contributed by atoms with van der Waals surface area (Å²) in [5, 5.41) is 0. The lowest BCUT2D eigenvalue weighted by Crippen LogP contribution is -2.36. The first-order valence-corrected chi connectivity index (χ1v) is 9.11. The minimum absolute atomic E-state index is 0.0650. The van der Waals surface area contributed by atoms with Crippen LogP contribution in [0.25, 0.3) is 5.65 Å².